The summed E-state index contributed by atoms with van der Waals surface area (Å²) in [7, 11) is 0. The van der Waals surface area contributed by atoms with Gasteiger partial charge in [-0.1, -0.05) is 6.07 Å². The molecule has 1 spiro atoms. The predicted octanol–water partition coefficient (Wildman–Crippen LogP) is 4.00. The van der Waals surface area contributed by atoms with E-state index in [2.05, 4.69) is 10.3 Å². The SMILES string of the molecule is O=C(c1ccc(-n2cccc2)cc1)N1CCCC2(CC(CNc3ccccn3)CO2)C1. The molecule has 0 saturated carbocycles. The fourth-order valence-electron chi connectivity index (χ4n) is 4.81. The normalized spacial score (nSPS) is 23.2. The van der Waals surface area contributed by atoms with Gasteiger partial charge in [-0.25, -0.2) is 4.98 Å². The number of aromatic nitrogens is 2. The van der Waals surface area contributed by atoms with Crippen molar-refractivity contribution in [3.63, 3.8) is 0 Å². The van der Waals surface area contributed by atoms with Crippen molar-refractivity contribution in [3.8, 4) is 5.69 Å². The van der Waals surface area contributed by atoms with Crippen molar-refractivity contribution < 1.29 is 9.53 Å². The van der Waals surface area contributed by atoms with E-state index in [1.807, 2.05) is 76.5 Å². The number of nitrogens with one attached hydrogen (secondary N) is 1. The second-order valence-electron chi connectivity index (χ2n) is 8.63. The van der Waals surface area contributed by atoms with E-state index < -0.39 is 0 Å². The molecule has 2 unspecified atom stereocenters. The maximum atomic E-state index is 13.2. The Kier molecular flexibility index (Phi) is 5.47. The molecule has 0 bridgehead atoms. The molecule has 2 saturated heterocycles. The first-order chi connectivity index (χ1) is 15.2. The summed E-state index contributed by atoms with van der Waals surface area (Å²) in [4.78, 5) is 19.5. The van der Waals surface area contributed by atoms with Crippen LogP contribution in [0.25, 0.3) is 5.69 Å². The van der Waals surface area contributed by atoms with Gasteiger partial charge in [-0.05, 0) is 67.8 Å². The summed E-state index contributed by atoms with van der Waals surface area (Å²) in [5, 5.41) is 3.41. The second kappa shape index (κ2) is 8.55. The molecule has 1 N–H and O–H groups in total. The highest BCUT2D eigenvalue weighted by Gasteiger charge is 2.44. The van der Waals surface area contributed by atoms with Crippen LogP contribution in [0.5, 0.6) is 0 Å². The van der Waals surface area contributed by atoms with E-state index in [0.29, 0.717) is 12.5 Å². The first-order valence-electron chi connectivity index (χ1n) is 11.0. The Morgan fingerprint density at radius 1 is 1.13 bits per heavy atom. The van der Waals surface area contributed by atoms with Crippen molar-refractivity contribution in [1.82, 2.24) is 14.5 Å². The first-order valence-corrected chi connectivity index (χ1v) is 11.0. The van der Waals surface area contributed by atoms with E-state index in [0.717, 1.165) is 56.0 Å². The lowest BCUT2D eigenvalue weighted by Crippen LogP contribution is -2.50. The van der Waals surface area contributed by atoms with Crippen molar-refractivity contribution in [2.45, 2.75) is 24.9 Å². The molecule has 2 aliphatic heterocycles. The lowest BCUT2D eigenvalue weighted by Gasteiger charge is -2.40. The third kappa shape index (κ3) is 4.35. The molecule has 160 valence electrons. The van der Waals surface area contributed by atoms with Crippen LogP contribution in [0.1, 0.15) is 29.6 Å². The number of benzene rings is 1. The smallest absolute Gasteiger partial charge is 0.253 e. The zero-order valence-corrected chi connectivity index (χ0v) is 17.6. The molecule has 4 heterocycles. The van der Waals surface area contributed by atoms with Gasteiger partial charge in [0.05, 0.1) is 12.2 Å². The zero-order valence-electron chi connectivity index (χ0n) is 17.6. The number of pyridine rings is 1. The number of hydrogen-bond donors (Lipinski definition) is 1. The topological polar surface area (TPSA) is 59.4 Å². The van der Waals surface area contributed by atoms with Gasteiger partial charge < -0.3 is 19.5 Å². The first kappa shape index (κ1) is 19.8. The van der Waals surface area contributed by atoms with Crippen LogP contribution in [0.3, 0.4) is 0 Å². The van der Waals surface area contributed by atoms with Crippen LogP contribution in [0.15, 0.2) is 73.2 Å². The number of nitrogens with zero attached hydrogens (tertiary/aromatic N) is 3. The molecule has 2 aromatic heterocycles. The highest BCUT2D eigenvalue weighted by Crippen LogP contribution is 2.38. The Morgan fingerprint density at radius 3 is 2.74 bits per heavy atom. The van der Waals surface area contributed by atoms with E-state index in [1.165, 1.54) is 0 Å². The Labute approximate surface area is 182 Å². The largest absolute Gasteiger partial charge is 0.373 e. The van der Waals surface area contributed by atoms with Crippen molar-refractivity contribution in [3.05, 3.63) is 78.8 Å². The van der Waals surface area contributed by atoms with E-state index >= 15 is 0 Å². The standard InChI is InChI=1S/C25H28N4O2/c30-24(21-7-9-22(10-8-21)28-13-3-4-14-28)29-15-5-11-25(19-29)16-20(18-31-25)17-27-23-6-1-2-12-26-23/h1-4,6-10,12-14,20H,5,11,15-19H2,(H,26,27). The molecular weight excluding hydrogens is 388 g/mol. The minimum absolute atomic E-state index is 0.0943. The van der Waals surface area contributed by atoms with E-state index in [4.69, 9.17) is 4.74 Å². The zero-order chi connectivity index (χ0) is 21.1. The van der Waals surface area contributed by atoms with Gasteiger partial charge in [0.15, 0.2) is 0 Å². The third-order valence-corrected chi connectivity index (χ3v) is 6.37. The summed E-state index contributed by atoms with van der Waals surface area (Å²) in [5.41, 5.74) is 1.58. The van der Waals surface area contributed by atoms with Crippen molar-refractivity contribution >= 4 is 11.7 Å². The summed E-state index contributed by atoms with van der Waals surface area (Å²) in [6.45, 7) is 3.03. The summed E-state index contributed by atoms with van der Waals surface area (Å²) < 4.78 is 8.35. The summed E-state index contributed by atoms with van der Waals surface area (Å²) >= 11 is 0. The van der Waals surface area contributed by atoms with Crippen LogP contribution < -0.4 is 5.32 Å². The van der Waals surface area contributed by atoms with Gasteiger partial charge in [0.25, 0.3) is 5.91 Å². The van der Waals surface area contributed by atoms with Gasteiger partial charge in [-0.15, -0.1) is 0 Å². The van der Waals surface area contributed by atoms with Crippen molar-refractivity contribution in [1.29, 1.82) is 0 Å². The summed E-state index contributed by atoms with van der Waals surface area (Å²) in [6.07, 6.45) is 8.77. The highest BCUT2D eigenvalue weighted by atomic mass is 16.5. The molecule has 0 radical (unpaired) electrons. The number of carbonyl (C=O) groups excluding carboxylic acids is 1. The second-order valence-corrected chi connectivity index (χ2v) is 8.63. The number of amides is 1. The molecule has 1 aromatic carbocycles. The van der Waals surface area contributed by atoms with Crippen LogP contribution >= 0.6 is 0 Å². The van der Waals surface area contributed by atoms with E-state index in [1.54, 1.807) is 6.20 Å². The van der Waals surface area contributed by atoms with Crippen LogP contribution in [0, 0.1) is 5.92 Å². The van der Waals surface area contributed by atoms with Crippen LogP contribution in [0.2, 0.25) is 0 Å². The van der Waals surface area contributed by atoms with Gasteiger partial charge >= 0.3 is 0 Å². The molecule has 3 aromatic rings. The molecule has 5 rings (SSSR count). The Hall–Kier alpha value is -3.12. The van der Waals surface area contributed by atoms with Crippen LogP contribution in [0.4, 0.5) is 5.82 Å². The molecular formula is C25H28N4O2. The Morgan fingerprint density at radius 2 is 1.97 bits per heavy atom. The van der Waals surface area contributed by atoms with Gasteiger partial charge in [0.2, 0.25) is 0 Å². The van der Waals surface area contributed by atoms with Crippen LogP contribution in [-0.4, -0.2) is 52.2 Å². The average molecular weight is 417 g/mol. The minimum Gasteiger partial charge on any atom is -0.373 e. The highest BCUT2D eigenvalue weighted by molar-refractivity contribution is 5.94. The third-order valence-electron chi connectivity index (χ3n) is 6.37. The number of carbonyl (C=O) groups is 1. The molecule has 6 heteroatoms. The number of likely N-dealkylation sites (tertiary alicyclic amines) is 1. The molecule has 2 aliphatic rings. The number of hydrogen-bond acceptors (Lipinski definition) is 4. The minimum atomic E-state index is -0.213. The number of ether oxygens (including phenoxy) is 1. The monoisotopic (exact) mass is 416 g/mol. The van der Waals surface area contributed by atoms with Gasteiger partial charge in [-0.3, -0.25) is 4.79 Å². The molecule has 31 heavy (non-hydrogen) atoms. The van der Waals surface area contributed by atoms with Crippen molar-refractivity contribution in [2.24, 2.45) is 5.92 Å². The molecule has 6 nitrogen and oxygen atoms in total. The fourth-order valence-corrected chi connectivity index (χ4v) is 4.81. The van der Waals surface area contributed by atoms with E-state index in [9.17, 15) is 4.79 Å². The van der Waals surface area contributed by atoms with Crippen molar-refractivity contribution in [2.75, 3.05) is 31.6 Å². The maximum Gasteiger partial charge on any atom is 0.253 e. The molecule has 1 amide bonds. The number of anilines is 1. The van der Waals surface area contributed by atoms with Gasteiger partial charge in [-0.2, -0.15) is 0 Å². The summed E-state index contributed by atoms with van der Waals surface area (Å²) in [5.74, 6) is 1.42. The summed E-state index contributed by atoms with van der Waals surface area (Å²) in [6, 6.07) is 17.7. The van der Waals surface area contributed by atoms with E-state index in [-0.39, 0.29) is 11.5 Å². The van der Waals surface area contributed by atoms with Gasteiger partial charge in [0, 0.05) is 55.4 Å². The number of rotatable bonds is 5. The van der Waals surface area contributed by atoms with Crippen LogP contribution in [-0.2, 0) is 4.74 Å². The predicted molar refractivity (Wildman–Crippen MR) is 120 cm³/mol. The average Bonchev–Trinajstić information content (AvgIpc) is 3.49. The Bertz CT molecular complexity index is 1000. The molecule has 2 fully saturated rings. The quantitative estimate of drug-likeness (QED) is 0.683. The lowest BCUT2D eigenvalue weighted by molar-refractivity contribution is -0.0449. The fraction of sp³-hybridized carbons (Fsp3) is 0.360. The number of piperidine rings is 1. The molecule has 2 atom stereocenters. The Balaban J connectivity index is 1.20. The molecule has 0 aliphatic carbocycles. The van der Waals surface area contributed by atoms with Gasteiger partial charge in [0.1, 0.15) is 5.82 Å². The maximum absolute atomic E-state index is 13.2. The lowest BCUT2D eigenvalue weighted by atomic mass is 9.86.